The van der Waals surface area contributed by atoms with Crippen LogP contribution < -0.4 is 10.6 Å². The number of halogens is 2. The van der Waals surface area contributed by atoms with E-state index in [1.54, 1.807) is 0 Å². The van der Waals surface area contributed by atoms with E-state index in [1.165, 1.54) is 5.56 Å². The Morgan fingerprint density at radius 1 is 1.29 bits per heavy atom. The van der Waals surface area contributed by atoms with E-state index >= 15 is 0 Å². The number of rotatable bonds is 3. The average Bonchev–Trinajstić information content (AvgIpc) is 2.56. The van der Waals surface area contributed by atoms with E-state index < -0.39 is 0 Å². The van der Waals surface area contributed by atoms with Gasteiger partial charge in [0.15, 0.2) is 0 Å². The van der Waals surface area contributed by atoms with Crippen molar-refractivity contribution in [2.75, 3.05) is 25.0 Å². The van der Waals surface area contributed by atoms with Crippen LogP contribution in [0.3, 0.4) is 0 Å². The molecule has 1 atom stereocenters. The zero-order chi connectivity index (χ0) is 13.8. The number of para-hydroxylation sites is 1. The number of benzene rings is 1. The molecule has 0 saturated carbocycles. The van der Waals surface area contributed by atoms with E-state index in [-0.39, 0.29) is 36.8 Å². The quantitative estimate of drug-likeness (QED) is 0.924. The number of amides is 1. The fraction of sp³-hybridized carbons (Fsp3) is 0.533. The third-order valence-corrected chi connectivity index (χ3v) is 3.61. The Morgan fingerprint density at radius 3 is 2.62 bits per heavy atom. The third-order valence-electron chi connectivity index (χ3n) is 3.61. The molecule has 0 aliphatic carbocycles. The van der Waals surface area contributed by atoms with Crippen LogP contribution >= 0.6 is 24.8 Å². The highest BCUT2D eigenvalue weighted by molar-refractivity contribution is 5.97. The summed E-state index contributed by atoms with van der Waals surface area (Å²) >= 11 is 0. The standard InChI is InChI=1S/C15H23N3O.2ClH/c1-3-6-13(16)15(19)18-10-9-17(2)11-12-7-4-5-8-14(12)18;;/h4-5,7-8,13H,3,6,9-11,16H2,1-2H3;2*1H. The molecule has 1 unspecified atom stereocenters. The lowest BCUT2D eigenvalue weighted by atomic mass is 10.1. The summed E-state index contributed by atoms with van der Waals surface area (Å²) in [5.41, 5.74) is 8.21. The summed E-state index contributed by atoms with van der Waals surface area (Å²) in [5.74, 6) is 0.0459. The molecule has 2 rings (SSSR count). The Kier molecular flexibility index (Phi) is 8.90. The fourth-order valence-electron chi connectivity index (χ4n) is 2.53. The number of carbonyl (C=O) groups is 1. The summed E-state index contributed by atoms with van der Waals surface area (Å²) in [7, 11) is 2.08. The number of fused-ring (bicyclic) bond motifs is 1. The number of nitrogens with two attached hydrogens (primary N) is 1. The summed E-state index contributed by atoms with van der Waals surface area (Å²) in [6, 6.07) is 7.72. The van der Waals surface area contributed by atoms with Crippen LogP contribution in [0, 0.1) is 0 Å². The molecule has 0 aromatic heterocycles. The number of hydrogen-bond donors (Lipinski definition) is 1. The molecule has 0 bridgehead atoms. The molecular weight excluding hydrogens is 309 g/mol. The predicted octanol–water partition coefficient (Wildman–Crippen LogP) is 2.44. The molecule has 6 heteroatoms. The summed E-state index contributed by atoms with van der Waals surface area (Å²) < 4.78 is 0. The second-order valence-electron chi connectivity index (χ2n) is 5.25. The molecule has 0 spiro atoms. The largest absolute Gasteiger partial charge is 0.320 e. The van der Waals surface area contributed by atoms with Crippen molar-refractivity contribution in [1.29, 1.82) is 0 Å². The van der Waals surface area contributed by atoms with Gasteiger partial charge in [0.25, 0.3) is 0 Å². The van der Waals surface area contributed by atoms with Gasteiger partial charge in [-0.25, -0.2) is 0 Å². The molecule has 0 fully saturated rings. The van der Waals surface area contributed by atoms with Gasteiger partial charge in [0.2, 0.25) is 5.91 Å². The van der Waals surface area contributed by atoms with E-state index in [0.29, 0.717) is 6.54 Å². The average molecular weight is 334 g/mol. The minimum atomic E-state index is -0.388. The number of carbonyl (C=O) groups excluding carboxylic acids is 1. The molecule has 1 amide bonds. The maximum atomic E-state index is 12.5. The first-order chi connectivity index (χ1) is 9.13. The van der Waals surface area contributed by atoms with Gasteiger partial charge >= 0.3 is 0 Å². The van der Waals surface area contributed by atoms with Crippen LogP contribution in [0.1, 0.15) is 25.3 Å². The molecule has 1 heterocycles. The van der Waals surface area contributed by atoms with Gasteiger partial charge in [-0.05, 0) is 25.1 Å². The third kappa shape index (κ3) is 4.85. The molecular formula is C15H25Cl2N3O. The van der Waals surface area contributed by atoms with Crippen molar-refractivity contribution in [2.24, 2.45) is 5.73 Å². The van der Waals surface area contributed by atoms with Gasteiger partial charge in [0.05, 0.1) is 6.04 Å². The van der Waals surface area contributed by atoms with Crippen molar-refractivity contribution >= 4 is 36.4 Å². The molecule has 1 aromatic rings. The van der Waals surface area contributed by atoms with E-state index in [1.807, 2.05) is 23.1 Å². The second-order valence-corrected chi connectivity index (χ2v) is 5.25. The molecule has 1 aliphatic heterocycles. The second kappa shape index (κ2) is 9.26. The monoisotopic (exact) mass is 333 g/mol. The van der Waals surface area contributed by atoms with Gasteiger partial charge in [0.1, 0.15) is 0 Å². The minimum absolute atomic E-state index is 0. The maximum absolute atomic E-state index is 12.5. The normalized spacial score (nSPS) is 16.0. The molecule has 2 N–H and O–H groups in total. The molecule has 0 saturated heterocycles. The predicted molar refractivity (Wildman–Crippen MR) is 92.5 cm³/mol. The lowest BCUT2D eigenvalue weighted by Crippen LogP contribution is -2.45. The van der Waals surface area contributed by atoms with Crippen LogP contribution in [0.25, 0.3) is 0 Å². The van der Waals surface area contributed by atoms with Crippen LogP contribution in [0.4, 0.5) is 5.69 Å². The van der Waals surface area contributed by atoms with Crippen molar-refractivity contribution in [3.8, 4) is 0 Å². The fourth-order valence-corrected chi connectivity index (χ4v) is 2.53. The van der Waals surface area contributed by atoms with Crippen molar-refractivity contribution < 1.29 is 4.79 Å². The Hall–Kier alpha value is -0.810. The number of likely N-dealkylation sites (N-methyl/N-ethyl adjacent to an activating group) is 1. The first kappa shape index (κ1) is 20.2. The van der Waals surface area contributed by atoms with E-state index in [0.717, 1.165) is 31.6 Å². The van der Waals surface area contributed by atoms with Crippen molar-refractivity contribution in [1.82, 2.24) is 4.90 Å². The summed E-state index contributed by atoms with van der Waals surface area (Å²) in [6.07, 6.45) is 1.68. The SMILES string of the molecule is CCCC(N)C(=O)N1CCN(C)Cc2ccccc21.Cl.Cl. The van der Waals surface area contributed by atoms with Crippen molar-refractivity contribution in [3.63, 3.8) is 0 Å². The Labute approximate surface area is 139 Å². The highest BCUT2D eigenvalue weighted by atomic mass is 35.5. The van der Waals surface area contributed by atoms with Crippen LogP contribution in [-0.2, 0) is 11.3 Å². The maximum Gasteiger partial charge on any atom is 0.243 e. The van der Waals surface area contributed by atoms with E-state index in [4.69, 9.17) is 5.73 Å². The van der Waals surface area contributed by atoms with Gasteiger partial charge < -0.3 is 15.5 Å². The van der Waals surface area contributed by atoms with Crippen LogP contribution in [0.2, 0.25) is 0 Å². The van der Waals surface area contributed by atoms with Gasteiger partial charge in [-0.2, -0.15) is 0 Å². The zero-order valence-electron chi connectivity index (χ0n) is 12.6. The number of anilines is 1. The smallest absolute Gasteiger partial charge is 0.243 e. The zero-order valence-corrected chi connectivity index (χ0v) is 14.3. The summed E-state index contributed by atoms with van der Waals surface area (Å²) in [6.45, 7) is 4.52. The highest BCUT2D eigenvalue weighted by Gasteiger charge is 2.25. The molecule has 0 radical (unpaired) electrons. The molecule has 4 nitrogen and oxygen atoms in total. The van der Waals surface area contributed by atoms with Gasteiger partial charge in [-0.1, -0.05) is 31.5 Å². The Balaban J connectivity index is 0.00000200. The minimum Gasteiger partial charge on any atom is -0.320 e. The van der Waals surface area contributed by atoms with Crippen LogP contribution in [0.15, 0.2) is 24.3 Å². The highest BCUT2D eigenvalue weighted by Crippen LogP contribution is 2.25. The summed E-state index contributed by atoms with van der Waals surface area (Å²) in [5, 5.41) is 0. The van der Waals surface area contributed by atoms with Crippen molar-refractivity contribution in [2.45, 2.75) is 32.4 Å². The Morgan fingerprint density at radius 2 is 1.95 bits per heavy atom. The van der Waals surface area contributed by atoms with Crippen molar-refractivity contribution in [3.05, 3.63) is 29.8 Å². The molecule has 1 aromatic carbocycles. The number of hydrogen-bond acceptors (Lipinski definition) is 3. The summed E-state index contributed by atoms with van der Waals surface area (Å²) in [4.78, 5) is 16.6. The van der Waals surface area contributed by atoms with Crippen LogP contribution in [-0.4, -0.2) is 37.0 Å². The molecule has 21 heavy (non-hydrogen) atoms. The van der Waals surface area contributed by atoms with E-state index in [2.05, 4.69) is 24.9 Å². The van der Waals surface area contributed by atoms with Crippen LogP contribution in [0.5, 0.6) is 0 Å². The van der Waals surface area contributed by atoms with Gasteiger partial charge in [-0.15, -0.1) is 24.8 Å². The first-order valence-corrected chi connectivity index (χ1v) is 6.97. The molecule has 120 valence electrons. The first-order valence-electron chi connectivity index (χ1n) is 6.97. The lowest BCUT2D eigenvalue weighted by Gasteiger charge is -2.25. The number of nitrogens with zero attached hydrogens (tertiary/aromatic N) is 2. The topological polar surface area (TPSA) is 49.6 Å². The van der Waals surface area contributed by atoms with E-state index in [9.17, 15) is 4.79 Å². The Bertz CT molecular complexity index is 456. The van der Waals surface area contributed by atoms with Gasteiger partial charge in [0, 0.05) is 25.3 Å². The van der Waals surface area contributed by atoms with Gasteiger partial charge in [-0.3, -0.25) is 4.79 Å². The molecule has 1 aliphatic rings. The lowest BCUT2D eigenvalue weighted by molar-refractivity contribution is -0.120.